The molecule has 1 fully saturated rings. The van der Waals surface area contributed by atoms with Gasteiger partial charge in [0.25, 0.3) is 0 Å². The van der Waals surface area contributed by atoms with Crippen molar-refractivity contribution in [2.75, 3.05) is 13.1 Å². The third kappa shape index (κ3) is 12.2. The van der Waals surface area contributed by atoms with Gasteiger partial charge in [-0.05, 0) is 57.7 Å². The van der Waals surface area contributed by atoms with E-state index in [1.54, 1.807) is 0 Å². The van der Waals surface area contributed by atoms with E-state index in [0.717, 1.165) is 38.0 Å². The van der Waals surface area contributed by atoms with E-state index in [0.29, 0.717) is 31.5 Å². The quantitative estimate of drug-likeness (QED) is 0.449. The topological polar surface area (TPSA) is 101 Å². The molecular formula is C20H40N4O2. The van der Waals surface area contributed by atoms with Crippen LogP contribution in [0, 0.1) is 0 Å². The summed E-state index contributed by atoms with van der Waals surface area (Å²) in [5, 5.41) is 3.68. The molecule has 152 valence electrons. The Kier molecular flexibility index (Phi) is 16.4. The largest absolute Gasteiger partial charge is 0.362 e. The number of hydrogen-bond acceptors (Lipinski definition) is 6. The van der Waals surface area contributed by atoms with Gasteiger partial charge >= 0.3 is 0 Å². The van der Waals surface area contributed by atoms with E-state index in [9.17, 15) is 9.59 Å². The van der Waals surface area contributed by atoms with E-state index < -0.39 is 0 Å². The molecule has 0 aromatic heterocycles. The first-order valence-corrected chi connectivity index (χ1v) is 10.1. The molecule has 2 rings (SSSR count). The summed E-state index contributed by atoms with van der Waals surface area (Å²) in [5.74, 6) is 0. The first-order chi connectivity index (χ1) is 12.6. The third-order valence-electron chi connectivity index (χ3n) is 4.67. The molecule has 0 radical (unpaired) electrons. The van der Waals surface area contributed by atoms with Crippen LogP contribution in [0.3, 0.4) is 0 Å². The van der Waals surface area contributed by atoms with Gasteiger partial charge in [0, 0.05) is 31.5 Å². The summed E-state index contributed by atoms with van der Waals surface area (Å²) in [5.41, 5.74) is 10.7. The van der Waals surface area contributed by atoms with Gasteiger partial charge in [-0.15, -0.1) is 0 Å². The van der Waals surface area contributed by atoms with Gasteiger partial charge in [-0.1, -0.05) is 19.9 Å². The smallest absolute Gasteiger partial charge is 0.120 e. The molecule has 0 saturated carbocycles. The van der Waals surface area contributed by atoms with Crippen LogP contribution in [0.2, 0.25) is 0 Å². The number of aldehydes is 2. The predicted molar refractivity (Wildman–Crippen MR) is 109 cm³/mol. The Labute approximate surface area is 159 Å². The summed E-state index contributed by atoms with van der Waals surface area (Å²) in [6, 6.07) is 1.09. The average molecular weight is 369 g/mol. The molecule has 1 saturated heterocycles. The average Bonchev–Trinajstić information content (AvgIpc) is 2.69. The molecule has 2 aliphatic heterocycles. The van der Waals surface area contributed by atoms with Gasteiger partial charge in [0.2, 0.25) is 0 Å². The van der Waals surface area contributed by atoms with Crippen LogP contribution in [-0.4, -0.2) is 48.8 Å². The highest BCUT2D eigenvalue weighted by atomic mass is 16.1. The standard InChI is InChI=1S/C10H18N2.C5H14N2.C5H8O2/c1-2-9-6-8-12-7-4-3-5-10(12)11-9;1-2-5(7)3-4-6;6-4-2-1-3-5-7/h4,7,9-11H,2-3,5-6,8H2,1H3;5H,2-4,6-7H2,1H3;4-5H,1-3H2. The fourth-order valence-electron chi connectivity index (χ4n) is 2.83. The van der Waals surface area contributed by atoms with Gasteiger partial charge in [-0.3, -0.25) is 5.32 Å². The van der Waals surface area contributed by atoms with E-state index in [1.807, 2.05) is 0 Å². The molecule has 0 spiro atoms. The number of carbonyl (C=O) groups excluding carboxylic acids is 2. The molecule has 6 nitrogen and oxygen atoms in total. The van der Waals surface area contributed by atoms with Gasteiger partial charge in [-0.25, -0.2) is 0 Å². The molecule has 26 heavy (non-hydrogen) atoms. The second-order valence-corrected chi connectivity index (χ2v) is 6.79. The second-order valence-electron chi connectivity index (χ2n) is 6.79. The number of carbonyl (C=O) groups is 2. The lowest BCUT2D eigenvalue weighted by Crippen LogP contribution is -2.54. The molecule has 3 atom stereocenters. The molecule has 0 amide bonds. The lowest BCUT2D eigenvalue weighted by molar-refractivity contribution is -0.108. The van der Waals surface area contributed by atoms with Gasteiger partial charge in [0.1, 0.15) is 12.6 Å². The van der Waals surface area contributed by atoms with Crippen LogP contribution in [0.15, 0.2) is 12.3 Å². The number of fused-ring (bicyclic) bond motifs is 1. The van der Waals surface area contributed by atoms with Gasteiger partial charge < -0.3 is 26.0 Å². The molecule has 0 aliphatic carbocycles. The molecule has 0 bridgehead atoms. The highest BCUT2D eigenvalue weighted by Gasteiger charge is 2.25. The Bertz CT molecular complexity index is 369. The molecule has 2 heterocycles. The Morgan fingerprint density at radius 1 is 1.23 bits per heavy atom. The van der Waals surface area contributed by atoms with Crippen molar-refractivity contribution < 1.29 is 9.59 Å². The Balaban J connectivity index is 0.000000390. The highest BCUT2D eigenvalue weighted by molar-refractivity contribution is 5.52. The van der Waals surface area contributed by atoms with Crippen LogP contribution in [0.4, 0.5) is 0 Å². The first-order valence-electron chi connectivity index (χ1n) is 10.1. The molecule has 0 aromatic carbocycles. The lowest BCUT2D eigenvalue weighted by Gasteiger charge is -2.41. The van der Waals surface area contributed by atoms with Crippen LogP contribution in [0.1, 0.15) is 71.6 Å². The van der Waals surface area contributed by atoms with Crippen molar-refractivity contribution in [3.05, 3.63) is 12.3 Å². The fraction of sp³-hybridized carbons (Fsp3) is 0.800. The maximum absolute atomic E-state index is 9.56. The summed E-state index contributed by atoms with van der Waals surface area (Å²) >= 11 is 0. The minimum absolute atomic E-state index is 0.324. The third-order valence-corrected chi connectivity index (χ3v) is 4.67. The van der Waals surface area contributed by atoms with E-state index in [4.69, 9.17) is 11.5 Å². The van der Waals surface area contributed by atoms with Crippen LogP contribution >= 0.6 is 0 Å². The van der Waals surface area contributed by atoms with Gasteiger partial charge in [0.05, 0.1) is 6.17 Å². The Morgan fingerprint density at radius 3 is 2.42 bits per heavy atom. The van der Waals surface area contributed by atoms with Gasteiger partial charge in [-0.2, -0.15) is 0 Å². The molecule has 2 aliphatic rings. The number of allylic oxidation sites excluding steroid dienone is 1. The Hall–Kier alpha value is -1.24. The van der Waals surface area contributed by atoms with Crippen LogP contribution in [0.5, 0.6) is 0 Å². The summed E-state index contributed by atoms with van der Waals surface area (Å²) < 4.78 is 0. The molecule has 6 heteroatoms. The number of nitrogens with one attached hydrogen (secondary N) is 1. The van der Waals surface area contributed by atoms with Crippen LogP contribution < -0.4 is 16.8 Å². The molecule has 3 unspecified atom stereocenters. The minimum atomic E-state index is 0.324. The summed E-state index contributed by atoms with van der Waals surface area (Å²) in [4.78, 5) is 21.6. The lowest BCUT2D eigenvalue weighted by atomic mass is 10.0. The highest BCUT2D eigenvalue weighted by Crippen LogP contribution is 2.19. The minimum Gasteiger partial charge on any atom is -0.362 e. The number of nitrogens with zero attached hydrogens (tertiary/aromatic N) is 1. The Morgan fingerprint density at radius 2 is 1.92 bits per heavy atom. The van der Waals surface area contributed by atoms with Crippen LogP contribution in [0.25, 0.3) is 0 Å². The second kappa shape index (κ2) is 17.2. The predicted octanol–water partition coefficient (Wildman–Crippen LogP) is 2.32. The summed E-state index contributed by atoms with van der Waals surface area (Å²) in [7, 11) is 0. The van der Waals surface area contributed by atoms with Crippen molar-refractivity contribution in [3.63, 3.8) is 0 Å². The van der Waals surface area contributed by atoms with Gasteiger partial charge in [0.15, 0.2) is 0 Å². The molecule has 0 aromatic rings. The van der Waals surface area contributed by atoms with Crippen molar-refractivity contribution >= 4 is 12.6 Å². The zero-order valence-electron chi connectivity index (χ0n) is 16.7. The van der Waals surface area contributed by atoms with Crippen molar-refractivity contribution in [2.24, 2.45) is 11.5 Å². The zero-order valence-corrected chi connectivity index (χ0v) is 16.7. The number of unbranched alkanes of at least 4 members (excludes halogenated alkanes) is 2. The number of hydrogen-bond donors (Lipinski definition) is 3. The van der Waals surface area contributed by atoms with E-state index in [-0.39, 0.29) is 0 Å². The van der Waals surface area contributed by atoms with E-state index in [1.165, 1.54) is 32.2 Å². The van der Waals surface area contributed by atoms with E-state index >= 15 is 0 Å². The van der Waals surface area contributed by atoms with Crippen molar-refractivity contribution in [1.82, 2.24) is 10.2 Å². The van der Waals surface area contributed by atoms with Crippen molar-refractivity contribution in [1.29, 1.82) is 0 Å². The van der Waals surface area contributed by atoms with Crippen molar-refractivity contribution in [3.8, 4) is 0 Å². The van der Waals surface area contributed by atoms with E-state index in [2.05, 4.69) is 36.3 Å². The van der Waals surface area contributed by atoms with Crippen molar-refractivity contribution in [2.45, 2.75) is 89.9 Å². The maximum atomic E-state index is 9.56. The number of rotatable bonds is 8. The van der Waals surface area contributed by atoms with Crippen LogP contribution in [-0.2, 0) is 9.59 Å². The first kappa shape index (κ1) is 24.8. The molecular weight excluding hydrogens is 328 g/mol. The number of nitrogens with two attached hydrogens (primary N) is 2. The zero-order chi connectivity index (χ0) is 19.6. The SMILES string of the molecule is CCC(N)CCN.CCC1CCN2C=CCCC2N1.O=CCCCC=O. The summed E-state index contributed by atoms with van der Waals surface area (Å²) in [6.45, 7) is 6.30. The normalized spacial score (nSPS) is 22.1. The molecule has 5 N–H and O–H groups in total. The monoisotopic (exact) mass is 368 g/mol. The fourth-order valence-corrected chi connectivity index (χ4v) is 2.83. The summed E-state index contributed by atoms with van der Waals surface area (Å²) in [6.07, 6.45) is 15.6. The maximum Gasteiger partial charge on any atom is 0.120 e.